The zero-order chi connectivity index (χ0) is 28.3. The summed E-state index contributed by atoms with van der Waals surface area (Å²) in [4.78, 5) is 38.4. The Hall–Kier alpha value is -3.81. The molecule has 0 aromatic carbocycles. The number of imidazole rings is 1. The van der Waals surface area contributed by atoms with Crippen molar-refractivity contribution in [2.45, 2.75) is 69.1 Å². The molecule has 0 aliphatic heterocycles. The lowest BCUT2D eigenvalue weighted by molar-refractivity contribution is -0.123. The number of thiazole rings is 1. The van der Waals surface area contributed by atoms with Crippen LogP contribution in [0, 0.1) is 0 Å². The SMILES string of the molecule is N[C@@H](Cc1cscn1)C(=O)N[C@H]1CC[C@H](Nc2cc(NC3CC3)c3ncc(C(=O)Nc4ccnc(Cl)c4)n3n2)CC1. The number of hydrogen-bond acceptors (Lipinski definition) is 10. The number of fused-ring (bicyclic) bond motifs is 1. The number of amides is 2. The first-order valence-corrected chi connectivity index (χ1v) is 15.0. The van der Waals surface area contributed by atoms with Crippen molar-refractivity contribution in [3.05, 3.63) is 58.0 Å². The van der Waals surface area contributed by atoms with Crippen molar-refractivity contribution in [3.8, 4) is 0 Å². The molecule has 0 unspecified atom stereocenters. The van der Waals surface area contributed by atoms with Gasteiger partial charge in [0.2, 0.25) is 5.91 Å². The van der Waals surface area contributed by atoms with Crippen molar-refractivity contribution in [1.82, 2.24) is 29.9 Å². The highest BCUT2D eigenvalue weighted by atomic mass is 35.5. The summed E-state index contributed by atoms with van der Waals surface area (Å²) in [6.07, 6.45) is 9.05. The number of aromatic nitrogens is 5. The molecule has 1 atom stereocenters. The Labute approximate surface area is 245 Å². The van der Waals surface area contributed by atoms with Crippen LogP contribution in [-0.2, 0) is 11.2 Å². The molecule has 41 heavy (non-hydrogen) atoms. The van der Waals surface area contributed by atoms with Gasteiger partial charge in [0, 0.05) is 47.9 Å². The lowest BCUT2D eigenvalue weighted by atomic mass is 9.91. The third-order valence-electron chi connectivity index (χ3n) is 7.30. The molecule has 0 radical (unpaired) electrons. The van der Waals surface area contributed by atoms with Crippen LogP contribution in [0.2, 0.25) is 5.15 Å². The van der Waals surface area contributed by atoms with Crippen molar-refractivity contribution in [2.24, 2.45) is 5.73 Å². The Bertz CT molecular complexity index is 1530. The number of pyridine rings is 1. The van der Waals surface area contributed by atoms with E-state index >= 15 is 0 Å². The van der Waals surface area contributed by atoms with Crippen molar-refractivity contribution < 1.29 is 9.59 Å². The van der Waals surface area contributed by atoms with E-state index < -0.39 is 6.04 Å². The Balaban J connectivity index is 1.11. The van der Waals surface area contributed by atoms with Crippen LogP contribution in [0.1, 0.15) is 54.7 Å². The Morgan fingerprint density at radius 1 is 1.05 bits per heavy atom. The average Bonchev–Trinajstić information content (AvgIpc) is 3.42. The third kappa shape index (κ3) is 6.75. The maximum Gasteiger partial charge on any atom is 0.276 e. The number of nitrogens with one attached hydrogen (secondary N) is 4. The minimum absolute atomic E-state index is 0.0789. The van der Waals surface area contributed by atoms with Gasteiger partial charge in [-0.2, -0.15) is 0 Å². The second-order valence-corrected chi connectivity index (χ2v) is 11.7. The minimum atomic E-state index is -0.613. The smallest absolute Gasteiger partial charge is 0.276 e. The van der Waals surface area contributed by atoms with Crippen molar-refractivity contribution in [3.63, 3.8) is 0 Å². The fourth-order valence-electron chi connectivity index (χ4n) is 4.98. The number of nitrogens with two attached hydrogens (primary N) is 1. The molecule has 214 valence electrons. The first-order chi connectivity index (χ1) is 19.9. The van der Waals surface area contributed by atoms with Crippen LogP contribution in [0.25, 0.3) is 5.65 Å². The Morgan fingerprint density at radius 3 is 2.54 bits per heavy atom. The van der Waals surface area contributed by atoms with E-state index in [1.807, 2.05) is 11.4 Å². The molecule has 0 spiro atoms. The Morgan fingerprint density at radius 2 is 1.80 bits per heavy atom. The van der Waals surface area contributed by atoms with Gasteiger partial charge in [-0.15, -0.1) is 16.4 Å². The van der Waals surface area contributed by atoms with Crippen LogP contribution in [0.3, 0.4) is 0 Å². The molecule has 2 aliphatic rings. The summed E-state index contributed by atoms with van der Waals surface area (Å²) < 4.78 is 1.57. The summed E-state index contributed by atoms with van der Waals surface area (Å²) >= 11 is 7.47. The highest BCUT2D eigenvalue weighted by Crippen LogP contribution is 2.30. The van der Waals surface area contributed by atoms with E-state index in [9.17, 15) is 9.59 Å². The lowest BCUT2D eigenvalue weighted by Crippen LogP contribution is -2.48. The van der Waals surface area contributed by atoms with Gasteiger partial charge in [-0.25, -0.2) is 19.5 Å². The van der Waals surface area contributed by atoms with Gasteiger partial charge in [0.25, 0.3) is 5.91 Å². The number of anilines is 3. The first-order valence-electron chi connectivity index (χ1n) is 13.7. The van der Waals surface area contributed by atoms with E-state index in [0.29, 0.717) is 35.3 Å². The zero-order valence-electron chi connectivity index (χ0n) is 22.2. The van der Waals surface area contributed by atoms with Crippen molar-refractivity contribution in [2.75, 3.05) is 16.0 Å². The van der Waals surface area contributed by atoms with Gasteiger partial charge in [0.05, 0.1) is 29.1 Å². The summed E-state index contributed by atoms with van der Waals surface area (Å²) in [6, 6.07) is 5.23. The molecule has 4 aromatic rings. The van der Waals surface area contributed by atoms with Gasteiger partial charge >= 0.3 is 0 Å². The fourth-order valence-corrected chi connectivity index (χ4v) is 5.72. The van der Waals surface area contributed by atoms with E-state index in [1.165, 1.54) is 23.7 Å². The maximum atomic E-state index is 13.1. The molecular formula is C27H31ClN10O2S. The molecule has 2 saturated carbocycles. The molecule has 0 saturated heterocycles. The van der Waals surface area contributed by atoms with E-state index in [4.69, 9.17) is 22.4 Å². The topological polar surface area (TPSA) is 164 Å². The normalized spacial score (nSPS) is 19.5. The van der Waals surface area contributed by atoms with Crippen LogP contribution in [0.5, 0.6) is 0 Å². The predicted molar refractivity (Wildman–Crippen MR) is 158 cm³/mol. The number of halogens is 1. The van der Waals surface area contributed by atoms with Gasteiger partial charge in [0.1, 0.15) is 11.0 Å². The van der Waals surface area contributed by atoms with Gasteiger partial charge < -0.3 is 27.0 Å². The number of nitrogens with zero attached hydrogens (tertiary/aromatic N) is 5. The van der Waals surface area contributed by atoms with E-state index in [0.717, 1.165) is 49.9 Å². The minimum Gasteiger partial charge on any atom is -0.379 e. The molecule has 0 bridgehead atoms. The maximum absolute atomic E-state index is 13.1. The summed E-state index contributed by atoms with van der Waals surface area (Å²) in [7, 11) is 0. The summed E-state index contributed by atoms with van der Waals surface area (Å²) in [5.74, 6) is 0.153. The van der Waals surface area contributed by atoms with Crippen LogP contribution >= 0.6 is 22.9 Å². The summed E-state index contributed by atoms with van der Waals surface area (Å²) in [6.45, 7) is 0. The largest absolute Gasteiger partial charge is 0.379 e. The Kier molecular flexibility index (Phi) is 7.99. The molecule has 6 N–H and O–H groups in total. The predicted octanol–water partition coefficient (Wildman–Crippen LogP) is 3.47. The first kappa shape index (κ1) is 27.4. The molecule has 4 heterocycles. The van der Waals surface area contributed by atoms with Crippen LogP contribution < -0.4 is 27.0 Å². The second kappa shape index (κ2) is 12.0. The average molecular weight is 595 g/mol. The number of carbonyl (C=O) groups excluding carboxylic acids is 2. The summed E-state index contributed by atoms with van der Waals surface area (Å²) in [5.41, 5.74) is 10.9. The van der Waals surface area contributed by atoms with E-state index in [2.05, 4.69) is 36.2 Å². The van der Waals surface area contributed by atoms with E-state index in [1.54, 1.807) is 22.2 Å². The molecule has 4 aromatic heterocycles. The quantitative estimate of drug-likeness (QED) is 0.173. The molecule has 14 heteroatoms. The number of carbonyl (C=O) groups is 2. The van der Waals surface area contributed by atoms with E-state index in [-0.39, 0.29) is 29.1 Å². The molecule has 6 rings (SSSR count). The molecular weight excluding hydrogens is 564 g/mol. The lowest BCUT2D eigenvalue weighted by Gasteiger charge is -2.30. The number of rotatable bonds is 10. The fraction of sp³-hybridized carbons (Fsp3) is 0.407. The second-order valence-electron chi connectivity index (χ2n) is 10.6. The third-order valence-corrected chi connectivity index (χ3v) is 8.14. The van der Waals surface area contributed by atoms with Crippen LogP contribution in [0.15, 0.2) is 41.5 Å². The standard InChI is InChI=1S/C27H31ClN10O2S/c28-23-10-18(7-8-30-23)36-27(40)22-12-31-25-21(33-15-1-2-15)11-24(37-38(22)25)34-16-3-5-17(6-4-16)35-26(39)20(29)9-19-13-41-14-32-19/h7-8,10-17,20,33H,1-6,9,29H2,(H,34,37)(H,35,39)(H,30,36,40)/t16-,17-,20-/m0/s1. The van der Waals surface area contributed by atoms with Gasteiger partial charge in [-0.3, -0.25) is 9.59 Å². The van der Waals surface area contributed by atoms with Crippen LogP contribution in [0.4, 0.5) is 17.2 Å². The molecule has 2 fully saturated rings. The molecule has 2 amide bonds. The van der Waals surface area contributed by atoms with Crippen LogP contribution in [-0.4, -0.2) is 60.5 Å². The zero-order valence-corrected chi connectivity index (χ0v) is 23.8. The molecule has 12 nitrogen and oxygen atoms in total. The van der Waals surface area contributed by atoms with Gasteiger partial charge in [0.15, 0.2) is 11.3 Å². The highest BCUT2D eigenvalue weighted by Gasteiger charge is 2.27. The van der Waals surface area contributed by atoms with Gasteiger partial charge in [-0.1, -0.05) is 11.6 Å². The number of hydrogen-bond donors (Lipinski definition) is 5. The van der Waals surface area contributed by atoms with Crippen molar-refractivity contribution in [1.29, 1.82) is 0 Å². The van der Waals surface area contributed by atoms with Crippen molar-refractivity contribution >= 4 is 57.6 Å². The van der Waals surface area contributed by atoms with Gasteiger partial charge in [-0.05, 0) is 50.7 Å². The molecule has 2 aliphatic carbocycles. The highest BCUT2D eigenvalue weighted by molar-refractivity contribution is 7.07. The summed E-state index contributed by atoms with van der Waals surface area (Å²) in [5, 5.41) is 19.9. The monoisotopic (exact) mass is 594 g/mol.